The molecule has 0 aliphatic heterocycles. The monoisotopic (exact) mass is 296 g/mol. The van der Waals surface area contributed by atoms with E-state index in [4.69, 9.17) is 0 Å². The van der Waals surface area contributed by atoms with Crippen LogP contribution in [0.5, 0.6) is 0 Å². The van der Waals surface area contributed by atoms with Crippen molar-refractivity contribution in [3.05, 3.63) is 28.5 Å². The third-order valence-corrected chi connectivity index (χ3v) is 4.22. The van der Waals surface area contributed by atoms with Crippen LogP contribution < -0.4 is 5.32 Å². The Bertz CT molecular complexity index is 331. The van der Waals surface area contributed by atoms with Crippen LogP contribution in [0.2, 0.25) is 0 Å². The van der Waals surface area contributed by atoms with E-state index >= 15 is 0 Å². The Hall–Kier alpha value is -0.410. The van der Waals surface area contributed by atoms with Crippen molar-refractivity contribution < 1.29 is 0 Å². The molecule has 2 nitrogen and oxygen atoms in total. The molecule has 0 saturated heterocycles. The van der Waals surface area contributed by atoms with Crippen molar-refractivity contribution in [1.82, 2.24) is 10.3 Å². The molecule has 0 unspecified atom stereocenters. The first-order valence-corrected chi connectivity index (χ1v) is 7.39. The third kappa shape index (κ3) is 4.07. The minimum Gasteiger partial charge on any atom is -0.308 e. The van der Waals surface area contributed by atoms with Gasteiger partial charge in [-0.05, 0) is 53.7 Å². The Balaban J connectivity index is 1.78. The van der Waals surface area contributed by atoms with Crippen LogP contribution in [0.25, 0.3) is 0 Å². The van der Waals surface area contributed by atoms with E-state index in [0.29, 0.717) is 6.04 Å². The van der Waals surface area contributed by atoms with Gasteiger partial charge in [0.1, 0.15) is 0 Å². The second kappa shape index (κ2) is 6.50. The van der Waals surface area contributed by atoms with Gasteiger partial charge in [0.25, 0.3) is 0 Å². The number of nitrogens with one attached hydrogen (secondary N) is 1. The molecule has 1 heterocycles. The molecule has 1 aromatic heterocycles. The molecule has 0 radical (unpaired) electrons. The van der Waals surface area contributed by atoms with Gasteiger partial charge >= 0.3 is 0 Å². The Labute approximate surface area is 112 Å². The fourth-order valence-corrected chi connectivity index (χ4v) is 2.81. The van der Waals surface area contributed by atoms with Crippen LogP contribution >= 0.6 is 15.9 Å². The Kier molecular flexibility index (Phi) is 4.99. The van der Waals surface area contributed by atoms with E-state index in [0.717, 1.165) is 22.6 Å². The minimum absolute atomic E-state index is 0.612. The van der Waals surface area contributed by atoms with E-state index in [1.807, 2.05) is 6.20 Å². The Morgan fingerprint density at radius 1 is 1.35 bits per heavy atom. The van der Waals surface area contributed by atoms with E-state index in [1.54, 1.807) is 0 Å². The lowest BCUT2D eigenvalue weighted by Crippen LogP contribution is -2.34. The van der Waals surface area contributed by atoms with Gasteiger partial charge in [-0.1, -0.05) is 19.3 Å². The van der Waals surface area contributed by atoms with Gasteiger partial charge in [0.15, 0.2) is 0 Å². The highest BCUT2D eigenvalue weighted by Crippen LogP contribution is 2.26. The van der Waals surface area contributed by atoms with Crippen LogP contribution in [0.4, 0.5) is 0 Å². The number of halogens is 1. The number of hydrogen-bond acceptors (Lipinski definition) is 2. The average Bonchev–Trinajstić information content (AvgIpc) is 2.39. The van der Waals surface area contributed by atoms with Crippen LogP contribution in [-0.4, -0.2) is 11.0 Å². The second-order valence-corrected chi connectivity index (χ2v) is 5.95. The molecule has 1 fully saturated rings. The van der Waals surface area contributed by atoms with Crippen molar-refractivity contribution >= 4 is 15.9 Å². The standard InChI is InChI=1S/C14H21BrN2/c1-11(12-5-3-2-4-6-12)16-10-14-8-7-13(15)9-17-14/h7-9,11-12,16H,2-6,10H2,1H3/t11-/m0/s1. The summed E-state index contributed by atoms with van der Waals surface area (Å²) in [6.07, 6.45) is 8.89. The van der Waals surface area contributed by atoms with Crippen molar-refractivity contribution in [2.45, 2.75) is 51.6 Å². The van der Waals surface area contributed by atoms with Gasteiger partial charge in [-0.25, -0.2) is 0 Å². The molecule has 1 aromatic rings. The van der Waals surface area contributed by atoms with E-state index < -0.39 is 0 Å². The van der Waals surface area contributed by atoms with Gasteiger partial charge in [0.2, 0.25) is 0 Å². The molecule has 3 heteroatoms. The van der Waals surface area contributed by atoms with Crippen LogP contribution in [0.3, 0.4) is 0 Å². The summed E-state index contributed by atoms with van der Waals surface area (Å²) in [5, 5.41) is 3.61. The molecule has 0 amide bonds. The minimum atomic E-state index is 0.612. The maximum absolute atomic E-state index is 4.39. The van der Waals surface area contributed by atoms with E-state index in [1.165, 1.54) is 32.1 Å². The fraction of sp³-hybridized carbons (Fsp3) is 0.643. The topological polar surface area (TPSA) is 24.9 Å². The lowest BCUT2D eigenvalue weighted by molar-refractivity contribution is 0.280. The molecule has 1 aliphatic rings. The molecule has 0 aromatic carbocycles. The molecule has 1 N–H and O–H groups in total. The smallest absolute Gasteiger partial charge is 0.0542 e. The van der Waals surface area contributed by atoms with Gasteiger partial charge in [-0.3, -0.25) is 4.98 Å². The summed E-state index contributed by atoms with van der Waals surface area (Å²) < 4.78 is 1.04. The normalized spacial score (nSPS) is 19.2. The molecule has 94 valence electrons. The highest BCUT2D eigenvalue weighted by molar-refractivity contribution is 9.10. The van der Waals surface area contributed by atoms with Crippen molar-refractivity contribution in [3.8, 4) is 0 Å². The SMILES string of the molecule is C[C@H](NCc1ccc(Br)cn1)C1CCCCC1. The quantitative estimate of drug-likeness (QED) is 0.911. The summed E-state index contributed by atoms with van der Waals surface area (Å²) in [5.74, 6) is 0.860. The van der Waals surface area contributed by atoms with Gasteiger partial charge in [0, 0.05) is 23.3 Å². The lowest BCUT2D eigenvalue weighted by atomic mass is 9.84. The summed E-state index contributed by atoms with van der Waals surface area (Å²) in [7, 11) is 0. The van der Waals surface area contributed by atoms with Crippen molar-refractivity contribution in [2.75, 3.05) is 0 Å². The largest absolute Gasteiger partial charge is 0.308 e. The number of aromatic nitrogens is 1. The maximum Gasteiger partial charge on any atom is 0.0542 e. The first-order valence-electron chi connectivity index (χ1n) is 6.59. The zero-order valence-corrected chi connectivity index (χ0v) is 12.0. The first-order chi connectivity index (χ1) is 8.25. The highest BCUT2D eigenvalue weighted by atomic mass is 79.9. The Morgan fingerprint density at radius 3 is 2.76 bits per heavy atom. The second-order valence-electron chi connectivity index (χ2n) is 5.04. The Morgan fingerprint density at radius 2 is 2.12 bits per heavy atom. The zero-order valence-electron chi connectivity index (χ0n) is 10.5. The van der Waals surface area contributed by atoms with Crippen LogP contribution in [-0.2, 0) is 6.54 Å². The summed E-state index contributed by atoms with van der Waals surface area (Å²) >= 11 is 3.41. The van der Waals surface area contributed by atoms with Crippen LogP contribution in [0.1, 0.15) is 44.7 Å². The van der Waals surface area contributed by atoms with Gasteiger partial charge in [-0.2, -0.15) is 0 Å². The van der Waals surface area contributed by atoms with E-state index in [9.17, 15) is 0 Å². The van der Waals surface area contributed by atoms with Crippen molar-refractivity contribution in [3.63, 3.8) is 0 Å². The maximum atomic E-state index is 4.39. The van der Waals surface area contributed by atoms with E-state index in [2.05, 4.69) is 45.3 Å². The molecule has 1 saturated carbocycles. The predicted octanol–water partition coefficient (Wildman–Crippen LogP) is 3.90. The van der Waals surface area contributed by atoms with Gasteiger partial charge < -0.3 is 5.32 Å². The number of nitrogens with zero attached hydrogens (tertiary/aromatic N) is 1. The first kappa shape index (κ1) is 13.0. The van der Waals surface area contributed by atoms with E-state index in [-0.39, 0.29) is 0 Å². The average molecular weight is 297 g/mol. The van der Waals surface area contributed by atoms with Crippen LogP contribution in [0.15, 0.2) is 22.8 Å². The number of hydrogen-bond donors (Lipinski definition) is 1. The fourth-order valence-electron chi connectivity index (χ4n) is 2.58. The molecule has 1 aliphatic carbocycles. The summed E-state index contributed by atoms with van der Waals surface area (Å²) in [4.78, 5) is 4.39. The number of pyridine rings is 1. The molecule has 1 atom stereocenters. The molecule has 17 heavy (non-hydrogen) atoms. The van der Waals surface area contributed by atoms with Gasteiger partial charge in [-0.15, -0.1) is 0 Å². The lowest BCUT2D eigenvalue weighted by Gasteiger charge is -2.28. The predicted molar refractivity (Wildman–Crippen MR) is 74.8 cm³/mol. The van der Waals surface area contributed by atoms with Gasteiger partial charge in [0.05, 0.1) is 5.69 Å². The van der Waals surface area contributed by atoms with Crippen molar-refractivity contribution in [2.24, 2.45) is 5.92 Å². The number of rotatable bonds is 4. The summed E-state index contributed by atoms with van der Waals surface area (Å²) in [6.45, 7) is 3.19. The molecule has 0 bridgehead atoms. The molecular weight excluding hydrogens is 276 g/mol. The zero-order chi connectivity index (χ0) is 12.1. The van der Waals surface area contributed by atoms with Crippen LogP contribution in [0, 0.1) is 5.92 Å². The summed E-state index contributed by atoms with van der Waals surface area (Å²) in [5.41, 5.74) is 1.12. The highest BCUT2D eigenvalue weighted by Gasteiger charge is 2.19. The molecule has 2 rings (SSSR count). The molecule has 0 spiro atoms. The van der Waals surface area contributed by atoms with Crippen molar-refractivity contribution in [1.29, 1.82) is 0 Å². The third-order valence-electron chi connectivity index (χ3n) is 3.75. The molecular formula is C14H21BrN2. The summed E-state index contributed by atoms with van der Waals surface area (Å²) in [6, 6.07) is 4.74.